The summed E-state index contributed by atoms with van der Waals surface area (Å²) in [5, 5.41) is 14.9. The zero-order chi connectivity index (χ0) is 8.97. The monoisotopic (exact) mass is 206 g/mol. The molecule has 0 aliphatic carbocycles. The lowest BCUT2D eigenvalue weighted by molar-refractivity contribution is -0.117. The van der Waals surface area contributed by atoms with Crippen LogP contribution in [-0.4, -0.2) is 32.6 Å². The fraction of sp³-hybridized carbons (Fsp3) is 0.600. The third-order valence-corrected chi connectivity index (χ3v) is 1.36. The van der Waals surface area contributed by atoms with Crippen molar-refractivity contribution in [3.63, 3.8) is 0 Å². The maximum atomic E-state index is 11.1. The van der Waals surface area contributed by atoms with E-state index in [-0.39, 0.29) is 24.3 Å². The molecule has 0 bridgehead atoms. The zero-order valence-electron chi connectivity index (χ0n) is 7.02. The number of H-pyrrole nitrogens is 1. The van der Waals surface area contributed by atoms with E-state index in [4.69, 9.17) is 5.73 Å². The molecule has 1 atom stereocenters. The number of hydrogen-bond donors (Lipinski definition) is 3. The van der Waals surface area contributed by atoms with Crippen LogP contribution in [0.3, 0.4) is 0 Å². The van der Waals surface area contributed by atoms with Crippen molar-refractivity contribution in [1.82, 2.24) is 20.6 Å². The number of aromatic nitrogens is 4. The van der Waals surface area contributed by atoms with Crippen molar-refractivity contribution in [2.24, 2.45) is 5.73 Å². The largest absolute Gasteiger partial charge is 0.320 e. The molecule has 1 aromatic rings. The number of aromatic amines is 1. The molecule has 0 aliphatic rings. The summed E-state index contributed by atoms with van der Waals surface area (Å²) in [7, 11) is 0. The lowest BCUT2D eigenvalue weighted by Crippen LogP contribution is -2.35. The van der Waals surface area contributed by atoms with Crippen LogP contribution in [0.1, 0.15) is 13.3 Å². The van der Waals surface area contributed by atoms with Gasteiger partial charge in [0.05, 0.1) is 6.04 Å². The van der Waals surface area contributed by atoms with Gasteiger partial charge in [0.15, 0.2) is 0 Å². The van der Waals surface area contributed by atoms with Crippen LogP contribution in [-0.2, 0) is 4.79 Å². The van der Waals surface area contributed by atoms with E-state index in [1.54, 1.807) is 0 Å². The zero-order valence-corrected chi connectivity index (χ0v) is 7.84. The van der Waals surface area contributed by atoms with Crippen LogP contribution in [0.2, 0.25) is 0 Å². The topological polar surface area (TPSA) is 110 Å². The molecule has 7 nitrogen and oxygen atoms in total. The maximum Gasteiger partial charge on any atom is 0.269 e. The molecule has 0 aliphatic heterocycles. The fourth-order valence-corrected chi connectivity index (χ4v) is 0.603. The molecule has 0 aromatic carbocycles. The van der Waals surface area contributed by atoms with Crippen molar-refractivity contribution in [3.8, 4) is 0 Å². The fourth-order valence-electron chi connectivity index (χ4n) is 0.603. The van der Waals surface area contributed by atoms with Crippen molar-refractivity contribution >= 4 is 24.3 Å². The van der Waals surface area contributed by atoms with Gasteiger partial charge in [-0.3, -0.25) is 10.1 Å². The minimum Gasteiger partial charge on any atom is -0.320 e. The Hall–Kier alpha value is -1.21. The summed E-state index contributed by atoms with van der Waals surface area (Å²) in [4.78, 5) is 11.1. The number of halogens is 1. The van der Waals surface area contributed by atoms with Crippen LogP contribution in [0.15, 0.2) is 0 Å². The van der Waals surface area contributed by atoms with Crippen molar-refractivity contribution in [2.45, 2.75) is 19.4 Å². The Kier molecular flexibility index (Phi) is 4.93. The average Bonchev–Trinajstić information content (AvgIpc) is 2.55. The normalized spacial score (nSPS) is 11.5. The van der Waals surface area contributed by atoms with E-state index in [1.165, 1.54) is 0 Å². The van der Waals surface area contributed by atoms with Crippen molar-refractivity contribution in [2.75, 3.05) is 5.32 Å². The minimum atomic E-state index is -0.525. The summed E-state index contributed by atoms with van der Waals surface area (Å²) >= 11 is 0. The number of rotatable bonds is 3. The van der Waals surface area contributed by atoms with E-state index in [1.807, 2.05) is 6.92 Å². The lowest BCUT2D eigenvalue weighted by Gasteiger charge is -2.05. The standard InChI is InChI=1S/C5H10N6O.ClH/c1-2-3(6)4(12)7-5-8-10-11-9-5;/h3H,2,6H2,1H3,(H2,7,8,9,10,11,12);1H/t3-;/m0./s1. The second kappa shape index (κ2) is 5.44. The summed E-state index contributed by atoms with van der Waals surface area (Å²) in [6.07, 6.45) is 0.573. The quantitative estimate of drug-likeness (QED) is 0.606. The highest BCUT2D eigenvalue weighted by Gasteiger charge is 2.12. The summed E-state index contributed by atoms with van der Waals surface area (Å²) in [5.74, 6) is -0.164. The van der Waals surface area contributed by atoms with Gasteiger partial charge in [0.2, 0.25) is 5.91 Å². The van der Waals surface area contributed by atoms with Gasteiger partial charge in [-0.2, -0.15) is 5.21 Å². The molecule has 4 N–H and O–H groups in total. The van der Waals surface area contributed by atoms with Crippen LogP contribution in [0.5, 0.6) is 0 Å². The molecule has 1 rings (SSSR count). The molecule has 74 valence electrons. The lowest BCUT2D eigenvalue weighted by atomic mass is 10.2. The Morgan fingerprint density at radius 2 is 2.46 bits per heavy atom. The van der Waals surface area contributed by atoms with Crippen molar-refractivity contribution < 1.29 is 4.79 Å². The van der Waals surface area contributed by atoms with E-state index in [2.05, 4.69) is 25.9 Å². The molecular weight excluding hydrogens is 196 g/mol. The number of tetrazole rings is 1. The molecule has 0 fully saturated rings. The molecular formula is C5H11ClN6O. The predicted molar refractivity (Wildman–Crippen MR) is 48.3 cm³/mol. The average molecular weight is 207 g/mol. The number of hydrogen-bond acceptors (Lipinski definition) is 5. The van der Waals surface area contributed by atoms with E-state index in [0.29, 0.717) is 6.42 Å². The second-order valence-corrected chi connectivity index (χ2v) is 2.24. The van der Waals surface area contributed by atoms with Gasteiger partial charge in [-0.25, -0.2) is 0 Å². The molecule has 0 radical (unpaired) electrons. The number of nitrogens with zero attached hydrogens (tertiary/aromatic N) is 3. The second-order valence-electron chi connectivity index (χ2n) is 2.24. The Labute approximate surface area is 80.9 Å². The summed E-state index contributed by atoms with van der Waals surface area (Å²) in [6, 6.07) is -0.525. The van der Waals surface area contributed by atoms with Gasteiger partial charge < -0.3 is 5.73 Å². The first kappa shape index (κ1) is 11.8. The summed E-state index contributed by atoms with van der Waals surface area (Å²) < 4.78 is 0. The SMILES string of the molecule is CC[C@H](N)C(=O)Nc1nn[nH]n1.Cl. The van der Waals surface area contributed by atoms with Crippen molar-refractivity contribution in [1.29, 1.82) is 0 Å². The van der Waals surface area contributed by atoms with Crippen LogP contribution in [0, 0.1) is 0 Å². The third kappa shape index (κ3) is 3.34. The number of anilines is 1. The van der Waals surface area contributed by atoms with Gasteiger partial charge in [0, 0.05) is 0 Å². The molecule has 1 heterocycles. The molecule has 13 heavy (non-hydrogen) atoms. The first-order valence-corrected chi connectivity index (χ1v) is 3.54. The number of nitrogens with one attached hydrogen (secondary N) is 2. The summed E-state index contributed by atoms with van der Waals surface area (Å²) in [5.41, 5.74) is 5.43. The van der Waals surface area contributed by atoms with Crippen LogP contribution < -0.4 is 11.1 Å². The number of amides is 1. The van der Waals surface area contributed by atoms with Crippen LogP contribution >= 0.6 is 12.4 Å². The summed E-state index contributed by atoms with van der Waals surface area (Å²) in [6.45, 7) is 1.82. The molecule has 0 spiro atoms. The molecule has 0 saturated heterocycles. The van der Waals surface area contributed by atoms with Crippen molar-refractivity contribution in [3.05, 3.63) is 0 Å². The first-order valence-electron chi connectivity index (χ1n) is 3.54. The Morgan fingerprint density at radius 1 is 1.77 bits per heavy atom. The van der Waals surface area contributed by atoms with Gasteiger partial charge >= 0.3 is 0 Å². The molecule has 0 saturated carbocycles. The Morgan fingerprint density at radius 3 is 2.92 bits per heavy atom. The van der Waals surface area contributed by atoms with E-state index in [9.17, 15) is 4.79 Å². The Balaban J connectivity index is 0.00000144. The van der Waals surface area contributed by atoms with Gasteiger partial charge in [0.1, 0.15) is 0 Å². The number of carbonyl (C=O) groups excluding carboxylic acids is 1. The first-order chi connectivity index (χ1) is 5.74. The van der Waals surface area contributed by atoms with E-state index < -0.39 is 6.04 Å². The van der Waals surface area contributed by atoms with Crippen LogP contribution in [0.4, 0.5) is 5.95 Å². The van der Waals surface area contributed by atoms with Gasteiger partial charge in [0.25, 0.3) is 5.95 Å². The molecule has 1 aromatic heterocycles. The number of nitrogens with two attached hydrogens (primary N) is 1. The maximum absolute atomic E-state index is 11.1. The van der Waals surface area contributed by atoms with E-state index >= 15 is 0 Å². The molecule has 8 heteroatoms. The highest BCUT2D eigenvalue weighted by molar-refractivity contribution is 5.92. The Bertz CT molecular complexity index is 250. The van der Waals surface area contributed by atoms with Crippen LogP contribution in [0.25, 0.3) is 0 Å². The smallest absolute Gasteiger partial charge is 0.269 e. The number of carbonyl (C=O) groups is 1. The third-order valence-electron chi connectivity index (χ3n) is 1.36. The molecule has 1 amide bonds. The predicted octanol–water partition coefficient (Wildman–Crippen LogP) is -0.703. The highest BCUT2D eigenvalue weighted by atomic mass is 35.5. The van der Waals surface area contributed by atoms with Gasteiger partial charge in [-0.05, 0) is 11.6 Å². The van der Waals surface area contributed by atoms with E-state index in [0.717, 1.165) is 0 Å². The van der Waals surface area contributed by atoms with Gasteiger partial charge in [-0.1, -0.05) is 12.0 Å². The minimum absolute atomic E-state index is 0. The van der Waals surface area contributed by atoms with Gasteiger partial charge in [-0.15, -0.1) is 17.5 Å². The highest BCUT2D eigenvalue weighted by Crippen LogP contribution is 1.94. The molecule has 0 unspecified atom stereocenters.